The third kappa shape index (κ3) is 5.51. The minimum Gasteiger partial charge on any atom is -0.459 e. The molecule has 3 heterocycles. The van der Waals surface area contributed by atoms with Crippen molar-refractivity contribution in [2.24, 2.45) is 0 Å². The van der Waals surface area contributed by atoms with Gasteiger partial charge in [0.1, 0.15) is 17.5 Å². The van der Waals surface area contributed by atoms with Crippen LogP contribution in [0.15, 0.2) is 60.8 Å². The summed E-state index contributed by atoms with van der Waals surface area (Å²) in [5, 5.41) is 10.5. The summed E-state index contributed by atoms with van der Waals surface area (Å²) >= 11 is 1.50. The first kappa shape index (κ1) is 23.9. The third-order valence-corrected chi connectivity index (χ3v) is 7.35. The van der Waals surface area contributed by atoms with E-state index < -0.39 is 5.92 Å². The number of carbonyl (C=O) groups is 1. The van der Waals surface area contributed by atoms with Gasteiger partial charge in [0.25, 0.3) is 0 Å². The van der Waals surface area contributed by atoms with Gasteiger partial charge in [-0.15, -0.1) is 11.3 Å². The molecule has 4 aromatic rings. The van der Waals surface area contributed by atoms with Gasteiger partial charge >= 0.3 is 6.01 Å². The van der Waals surface area contributed by atoms with Crippen LogP contribution in [-0.4, -0.2) is 56.8 Å². The topological polar surface area (TPSA) is 95.2 Å². The normalized spacial score (nSPS) is 14.9. The van der Waals surface area contributed by atoms with Gasteiger partial charge in [-0.05, 0) is 29.3 Å². The summed E-state index contributed by atoms with van der Waals surface area (Å²) in [6, 6.07) is 20.4. The van der Waals surface area contributed by atoms with Gasteiger partial charge in [0, 0.05) is 45.8 Å². The molecule has 2 aromatic carbocycles. The molecule has 9 heteroatoms. The number of para-hydroxylation sites is 1. The second kappa shape index (κ2) is 10.8. The van der Waals surface area contributed by atoms with E-state index in [2.05, 4.69) is 38.1 Å². The number of nitriles is 1. The zero-order chi connectivity index (χ0) is 24.9. The predicted molar refractivity (Wildman–Crippen MR) is 137 cm³/mol. The average Bonchev–Trinajstić information content (AvgIpc) is 3.33. The van der Waals surface area contributed by atoms with Crippen LogP contribution in [0.4, 0.5) is 0 Å². The van der Waals surface area contributed by atoms with Crippen molar-refractivity contribution in [1.29, 1.82) is 5.26 Å². The Morgan fingerprint density at radius 3 is 2.53 bits per heavy atom. The average molecular weight is 499 g/mol. The van der Waals surface area contributed by atoms with E-state index in [1.54, 1.807) is 19.2 Å². The maximum absolute atomic E-state index is 11.5. The lowest BCUT2D eigenvalue weighted by Gasteiger charge is -2.34. The number of nitrogens with zero attached hydrogens (tertiary/aromatic N) is 6. The van der Waals surface area contributed by atoms with Crippen LogP contribution in [0, 0.1) is 11.3 Å². The van der Waals surface area contributed by atoms with Crippen molar-refractivity contribution >= 4 is 27.5 Å². The molecule has 36 heavy (non-hydrogen) atoms. The maximum Gasteiger partial charge on any atom is 0.316 e. The van der Waals surface area contributed by atoms with Gasteiger partial charge in [0.2, 0.25) is 5.91 Å². The number of thiazole rings is 1. The van der Waals surface area contributed by atoms with E-state index in [0.29, 0.717) is 17.3 Å². The molecule has 1 saturated heterocycles. The molecule has 0 N–H and O–H groups in total. The lowest BCUT2D eigenvalue weighted by molar-refractivity contribution is -0.130. The van der Waals surface area contributed by atoms with Crippen LogP contribution in [0.1, 0.15) is 34.7 Å². The number of hydrogen-bond acceptors (Lipinski definition) is 8. The quantitative estimate of drug-likeness (QED) is 0.380. The molecule has 1 amide bonds. The monoisotopic (exact) mass is 498 g/mol. The van der Waals surface area contributed by atoms with Crippen LogP contribution in [-0.2, 0) is 17.9 Å². The third-order valence-electron chi connectivity index (χ3n) is 6.25. The van der Waals surface area contributed by atoms with Crippen LogP contribution >= 0.6 is 11.3 Å². The smallest absolute Gasteiger partial charge is 0.316 e. The number of ether oxygens (including phenoxy) is 1. The number of benzene rings is 2. The minimum atomic E-state index is -0.579. The fraction of sp³-hybridized carbons (Fsp3) is 0.296. The lowest BCUT2D eigenvalue weighted by atomic mass is 10.1. The van der Waals surface area contributed by atoms with Gasteiger partial charge in [-0.1, -0.05) is 36.4 Å². The molecule has 1 fully saturated rings. The van der Waals surface area contributed by atoms with Crippen LogP contribution in [0.25, 0.3) is 10.2 Å². The number of hydrogen-bond donors (Lipinski definition) is 0. The Labute approximate surface area is 213 Å². The molecule has 1 atom stereocenters. The van der Waals surface area contributed by atoms with Crippen LogP contribution in [0.2, 0.25) is 0 Å². The van der Waals surface area contributed by atoms with E-state index in [1.807, 2.05) is 41.3 Å². The molecule has 5 rings (SSSR count). The summed E-state index contributed by atoms with van der Waals surface area (Å²) in [7, 11) is 0. The number of carbonyl (C=O) groups excluding carboxylic acids is 1. The number of aromatic nitrogens is 3. The van der Waals surface area contributed by atoms with E-state index in [9.17, 15) is 10.1 Å². The summed E-state index contributed by atoms with van der Waals surface area (Å²) in [6.45, 7) is 6.16. The molecule has 0 bridgehead atoms. The summed E-state index contributed by atoms with van der Waals surface area (Å²) in [6.07, 6.45) is 1.62. The Balaban J connectivity index is 1.19. The highest BCUT2D eigenvalue weighted by Gasteiger charge is 2.21. The van der Waals surface area contributed by atoms with Crippen molar-refractivity contribution in [3.05, 3.63) is 82.6 Å². The Bertz CT molecular complexity index is 1360. The zero-order valence-corrected chi connectivity index (χ0v) is 20.8. The lowest BCUT2D eigenvalue weighted by Crippen LogP contribution is -2.47. The highest BCUT2D eigenvalue weighted by Crippen LogP contribution is 2.31. The molecule has 1 unspecified atom stereocenters. The molecule has 0 spiro atoms. The zero-order valence-electron chi connectivity index (χ0n) is 20.0. The number of fused-ring (bicyclic) bond motifs is 1. The fourth-order valence-electron chi connectivity index (χ4n) is 4.21. The maximum atomic E-state index is 11.5. The number of piperazine rings is 1. The first-order valence-electron chi connectivity index (χ1n) is 11.9. The SMILES string of the molecule is CC(=O)N1CCN(Cc2ccc(COc3nccc(C(C#N)c4nc5ccccc5s4)n3)cc2)CC1. The molecular weight excluding hydrogens is 472 g/mol. The van der Waals surface area contributed by atoms with E-state index in [0.717, 1.165) is 48.5 Å². The minimum absolute atomic E-state index is 0.147. The van der Waals surface area contributed by atoms with Gasteiger partial charge < -0.3 is 9.64 Å². The molecule has 182 valence electrons. The van der Waals surface area contributed by atoms with E-state index >= 15 is 0 Å². The summed E-state index contributed by atoms with van der Waals surface area (Å²) in [4.78, 5) is 29.1. The van der Waals surface area contributed by atoms with Gasteiger partial charge in [0.05, 0.1) is 22.0 Å². The summed E-state index contributed by atoms with van der Waals surface area (Å²) < 4.78 is 6.89. The highest BCUT2D eigenvalue weighted by molar-refractivity contribution is 7.18. The molecule has 1 aliphatic heterocycles. The first-order chi connectivity index (χ1) is 17.6. The van der Waals surface area contributed by atoms with Crippen molar-refractivity contribution in [3.8, 4) is 12.1 Å². The fourth-order valence-corrected chi connectivity index (χ4v) is 5.24. The van der Waals surface area contributed by atoms with Crippen LogP contribution in [0.5, 0.6) is 6.01 Å². The second-order valence-corrected chi connectivity index (χ2v) is 9.80. The molecule has 0 aliphatic carbocycles. The van der Waals surface area contributed by atoms with Crippen molar-refractivity contribution in [2.45, 2.75) is 26.0 Å². The Hall–Kier alpha value is -3.87. The number of rotatable bonds is 7. The molecular formula is C27H26N6O2S. The van der Waals surface area contributed by atoms with Crippen molar-refractivity contribution in [3.63, 3.8) is 0 Å². The Morgan fingerprint density at radius 2 is 1.81 bits per heavy atom. The largest absolute Gasteiger partial charge is 0.459 e. The second-order valence-electron chi connectivity index (χ2n) is 8.73. The first-order valence-corrected chi connectivity index (χ1v) is 12.7. The van der Waals surface area contributed by atoms with Gasteiger partial charge in [-0.25, -0.2) is 9.97 Å². The summed E-state index contributed by atoms with van der Waals surface area (Å²) in [5.74, 6) is -0.433. The molecule has 0 radical (unpaired) electrons. The Morgan fingerprint density at radius 1 is 1.06 bits per heavy atom. The number of amides is 1. The van der Waals surface area contributed by atoms with E-state index in [-0.39, 0.29) is 11.9 Å². The van der Waals surface area contributed by atoms with Crippen LogP contribution < -0.4 is 4.74 Å². The molecule has 2 aromatic heterocycles. The van der Waals surface area contributed by atoms with Crippen LogP contribution in [0.3, 0.4) is 0 Å². The van der Waals surface area contributed by atoms with Gasteiger partial charge in [0.15, 0.2) is 0 Å². The van der Waals surface area contributed by atoms with Gasteiger partial charge in [-0.2, -0.15) is 10.2 Å². The molecule has 0 saturated carbocycles. The van der Waals surface area contributed by atoms with Gasteiger partial charge in [-0.3, -0.25) is 9.69 Å². The van der Waals surface area contributed by atoms with Crippen molar-refractivity contribution < 1.29 is 9.53 Å². The highest BCUT2D eigenvalue weighted by atomic mass is 32.1. The Kier molecular flexibility index (Phi) is 7.16. The van der Waals surface area contributed by atoms with E-state index in [4.69, 9.17) is 4.74 Å². The molecule has 1 aliphatic rings. The predicted octanol–water partition coefficient (Wildman–Crippen LogP) is 3.98. The van der Waals surface area contributed by atoms with Crippen molar-refractivity contribution in [2.75, 3.05) is 26.2 Å². The standard InChI is InChI=1S/C27H26N6O2S/c1-19(34)33-14-12-32(13-15-33)17-20-6-8-21(9-7-20)18-35-27-29-11-10-23(31-27)22(16-28)26-30-24-4-2-3-5-25(24)36-26/h2-11,22H,12-15,17-18H2,1H3. The van der Waals surface area contributed by atoms with E-state index in [1.165, 1.54) is 16.9 Å². The summed E-state index contributed by atoms with van der Waals surface area (Å²) in [5.41, 5.74) is 3.69. The molecule has 8 nitrogen and oxygen atoms in total. The van der Waals surface area contributed by atoms with Crippen molar-refractivity contribution in [1.82, 2.24) is 24.8 Å².